The molecule has 0 unspecified atom stereocenters. The average molecular weight is 427 g/mol. The smallest absolute Gasteiger partial charge is 0.275 e. The Labute approximate surface area is 187 Å². The van der Waals surface area contributed by atoms with Crippen molar-refractivity contribution in [3.8, 4) is 0 Å². The molecule has 0 aliphatic rings. The van der Waals surface area contributed by atoms with Crippen molar-refractivity contribution in [3.63, 3.8) is 0 Å². The third-order valence-electron chi connectivity index (χ3n) is 5.60. The lowest BCUT2D eigenvalue weighted by molar-refractivity contribution is -0.119. The van der Waals surface area contributed by atoms with Crippen LogP contribution in [-0.2, 0) is 24.2 Å². The number of fused-ring (bicyclic) bond motifs is 1. The molecule has 1 amide bonds. The van der Waals surface area contributed by atoms with Gasteiger partial charge in [-0.2, -0.15) is 5.10 Å². The van der Waals surface area contributed by atoms with Gasteiger partial charge < -0.3 is 4.90 Å². The van der Waals surface area contributed by atoms with Gasteiger partial charge in [0, 0.05) is 36.4 Å². The van der Waals surface area contributed by atoms with Crippen LogP contribution in [0.2, 0.25) is 0 Å². The highest BCUT2D eigenvalue weighted by Gasteiger charge is 2.18. The van der Waals surface area contributed by atoms with Gasteiger partial charge in [-0.15, -0.1) is 0 Å². The van der Waals surface area contributed by atoms with Gasteiger partial charge in [0.1, 0.15) is 6.54 Å². The molecular formula is C26H26N4O2. The number of anilines is 1. The number of nitrogens with zero attached hydrogens (tertiary/aromatic N) is 4. The number of hydrogen-bond acceptors (Lipinski definition) is 4. The largest absolute Gasteiger partial charge is 0.311 e. The van der Waals surface area contributed by atoms with Gasteiger partial charge in [-0.3, -0.25) is 14.6 Å². The molecule has 0 atom stereocenters. The molecule has 6 nitrogen and oxygen atoms in total. The molecule has 0 aliphatic carbocycles. The number of amides is 1. The van der Waals surface area contributed by atoms with Crippen LogP contribution in [0, 0.1) is 0 Å². The first kappa shape index (κ1) is 21.4. The second-order valence-electron chi connectivity index (χ2n) is 7.65. The van der Waals surface area contributed by atoms with Gasteiger partial charge in [-0.05, 0) is 54.8 Å². The number of pyridine rings is 1. The summed E-state index contributed by atoms with van der Waals surface area (Å²) in [6.07, 6.45) is 4.92. The number of aryl methyl sites for hydroxylation is 1. The van der Waals surface area contributed by atoms with Crippen LogP contribution >= 0.6 is 0 Å². The Morgan fingerprint density at radius 3 is 2.41 bits per heavy atom. The van der Waals surface area contributed by atoms with Crippen molar-refractivity contribution >= 4 is 22.4 Å². The lowest BCUT2D eigenvalue weighted by Gasteiger charge is -2.22. The number of aromatic nitrogens is 3. The van der Waals surface area contributed by atoms with Gasteiger partial charge in [-0.1, -0.05) is 37.3 Å². The zero-order valence-corrected chi connectivity index (χ0v) is 18.4. The predicted molar refractivity (Wildman–Crippen MR) is 127 cm³/mol. The summed E-state index contributed by atoms with van der Waals surface area (Å²) in [6.45, 7) is 4.41. The zero-order chi connectivity index (χ0) is 22.5. The Morgan fingerprint density at radius 1 is 0.938 bits per heavy atom. The molecule has 0 radical (unpaired) electrons. The van der Waals surface area contributed by atoms with Crippen LogP contribution in [0.4, 0.5) is 5.69 Å². The molecular weight excluding hydrogens is 400 g/mol. The van der Waals surface area contributed by atoms with E-state index in [1.807, 2.05) is 61.5 Å². The number of carbonyl (C=O) groups excluding carboxylic acids is 1. The third kappa shape index (κ3) is 4.44. The molecule has 0 N–H and O–H groups in total. The molecule has 4 aromatic rings. The number of carbonyl (C=O) groups is 1. The fourth-order valence-corrected chi connectivity index (χ4v) is 3.90. The average Bonchev–Trinajstić information content (AvgIpc) is 2.83. The third-order valence-corrected chi connectivity index (χ3v) is 5.60. The predicted octanol–water partition coefficient (Wildman–Crippen LogP) is 4.00. The minimum Gasteiger partial charge on any atom is -0.311 e. The molecule has 2 aromatic heterocycles. The van der Waals surface area contributed by atoms with Gasteiger partial charge in [0.05, 0.1) is 11.1 Å². The molecule has 0 saturated heterocycles. The van der Waals surface area contributed by atoms with E-state index in [4.69, 9.17) is 0 Å². The fourth-order valence-electron chi connectivity index (χ4n) is 3.90. The van der Waals surface area contributed by atoms with Crippen LogP contribution in [0.25, 0.3) is 10.8 Å². The molecule has 162 valence electrons. The number of likely N-dealkylation sites (N-methyl/N-ethyl adjacent to an activating group) is 1. The highest BCUT2D eigenvalue weighted by atomic mass is 16.2. The van der Waals surface area contributed by atoms with Crippen LogP contribution in [0.3, 0.4) is 0 Å². The molecule has 0 spiro atoms. The minimum atomic E-state index is -0.259. The molecule has 0 aliphatic heterocycles. The first-order chi connectivity index (χ1) is 15.6. The molecule has 32 heavy (non-hydrogen) atoms. The second kappa shape index (κ2) is 9.56. The summed E-state index contributed by atoms with van der Waals surface area (Å²) in [5, 5.41) is 5.99. The van der Waals surface area contributed by atoms with Crippen LogP contribution in [0.15, 0.2) is 77.9 Å². The Hall–Kier alpha value is -3.80. The lowest BCUT2D eigenvalue weighted by atomic mass is 10.1. The van der Waals surface area contributed by atoms with Crippen LogP contribution in [0.1, 0.15) is 30.7 Å². The maximum absolute atomic E-state index is 13.2. The summed E-state index contributed by atoms with van der Waals surface area (Å²) in [7, 11) is 0. The SMILES string of the molecule is CCc1cccc(N(CC)C(=O)Cn2nc(Cc3ccncc3)c3ccccc3c2=O)c1. The van der Waals surface area contributed by atoms with Crippen molar-refractivity contribution < 1.29 is 4.79 Å². The molecule has 0 bridgehead atoms. The molecule has 2 heterocycles. The van der Waals surface area contributed by atoms with E-state index in [9.17, 15) is 9.59 Å². The summed E-state index contributed by atoms with van der Waals surface area (Å²) in [5.41, 5.74) is 3.54. The molecule has 2 aromatic carbocycles. The number of benzene rings is 2. The molecule has 4 rings (SSSR count). The van der Waals surface area contributed by atoms with Crippen LogP contribution in [0.5, 0.6) is 0 Å². The first-order valence-corrected chi connectivity index (χ1v) is 10.9. The summed E-state index contributed by atoms with van der Waals surface area (Å²) in [5.74, 6) is -0.166. The normalized spacial score (nSPS) is 10.9. The fraction of sp³-hybridized carbons (Fsp3) is 0.231. The zero-order valence-electron chi connectivity index (χ0n) is 18.4. The topological polar surface area (TPSA) is 68.1 Å². The second-order valence-corrected chi connectivity index (χ2v) is 7.65. The van der Waals surface area contributed by atoms with E-state index in [0.29, 0.717) is 18.4 Å². The number of rotatable bonds is 7. The van der Waals surface area contributed by atoms with E-state index in [-0.39, 0.29) is 18.0 Å². The van der Waals surface area contributed by atoms with Crippen LogP contribution < -0.4 is 10.5 Å². The Balaban J connectivity index is 1.71. The first-order valence-electron chi connectivity index (χ1n) is 10.9. The van der Waals surface area contributed by atoms with Gasteiger partial charge >= 0.3 is 0 Å². The quantitative estimate of drug-likeness (QED) is 0.448. The van der Waals surface area contributed by atoms with Crippen molar-refractivity contribution in [1.82, 2.24) is 14.8 Å². The summed E-state index contributed by atoms with van der Waals surface area (Å²) in [6, 6.07) is 19.2. The van der Waals surface area contributed by atoms with Gasteiger partial charge in [-0.25, -0.2) is 4.68 Å². The summed E-state index contributed by atoms with van der Waals surface area (Å²) >= 11 is 0. The van der Waals surface area contributed by atoms with E-state index in [1.165, 1.54) is 4.68 Å². The monoisotopic (exact) mass is 426 g/mol. The molecule has 0 fully saturated rings. The maximum Gasteiger partial charge on any atom is 0.275 e. The standard InChI is InChI=1S/C26H26N4O2/c1-3-19-8-7-9-21(16-19)29(4-2)25(31)18-30-26(32)23-11-6-5-10-22(23)24(28-30)17-20-12-14-27-15-13-20/h5-16H,3-4,17-18H2,1-2H3. The van der Waals surface area contributed by atoms with E-state index in [2.05, 4.69) is 17.0 Å². The Bertz CT molecular complexity index is 1300. The van der Waals surface area contributed by atoms with E-state index < -0.39 is 0 Å². The molecule has 6 heteroatoms. The van der Waals surface area contributed by atoms with Crippen molar-refractivity contribution in [2.75, 3.05) is 11.4 Å². The highest BCUT2D eigenvalue weighted by molar-refractivity contribution is 5.93. The van der Waals surface area contributed by atoms with E-state index in [1.54, 1.807) is 23.4 Å². The van der Waals surface area contributed by atoms with Gasteiger partial charge in [0.25, 0.3) is 5.56 Å². The van der Waals surface area contributed by atoms with Crippen molar-refractivity contribution in [3.05, 3.63) is 100 Å². The maximum atomic E-state index is 13.2. The van der Waals surface area contributed by atoms with E-state index >= 15 is 0 Å². The Kier molecular flexibility index (Phi) is 6.40. The number of hydrogen-bond donors (Lipinski definition) is 0. The summed E-state index contributed by atoms with van der Waals surface area (Å²) < 4.78 is 1.30. The van der Waals surface area contributed by atoms with Crippen LogP contribution in [-0.4, -0.2) is 27.2 Å². The van der Waals surface area contributed by atoms with Gasteiger partial charge in [0.2, 0.25) is 5.91 Å². The Morgan fingerprint density at radius 2 is 1.69 bits per heavy atom. The minimum absolute atomic E-state index is 0.114. The summed E-state index contributed by atoms with van der Waals surface area (Å²) in [4.78, 5) is 32.1. The van der Waals surface area contributed by atoms with Crippen molar-refractivity contribution in [2.45, 2.75) is 33.2 Å². The van der Waals surface area contributed by atoms with Crippen molar-refractivity contribution in [2.24, 2.45) is 0 Å². The molecule has 0 saturated carbocycles. The van der Waals surface area contributed by atoms with E-state index in [0.717, 1.165) is 34.3 Å². The highest BCUT2D eigenvalue weighted by Crippen LogP contribution is 2.19. The van der Waals surface area contributed by atoms with Crippen molar-refractivity contribution in [1.29, 1.82) is 0 Å². The van der Waals surface area contributed by atoms with Gasteiger partial charge in [0.15, 0.2) is 0 Å². The lowest BCUT2D eigenvalue weighted by Crippen LogP contribution is -2.37.